The molecule has 0 aliphatic carbocycles. The highest BCUT2D eigenvalue weighted by atomic mass is 35.5. The van der Waals surface area contributed by atoms with Crippen molar-refractivity contribution in [2.75, 3.05) is 18.0 Å². The summed E-state index contributed by atoms with van der Waals surface area (Å²) in [4.78, 5) is 25.4. The Balaban J connectivity index is 1.87. The Bertz CT molecular complexity index is 504. The molecule has 0 spiro atoms. The van der Waals surface area contributed by atoms with E-state index in [4.69, 9.17) is 11.6 Å². The van der Waals surface area contributed by atoms with Crippen LogP contribution in [0.25, 0.3) is 0 Å². The molecule has 2 rings (SSSR count). The number of amides is 3. The van der Waals surface area contributed by atoms with Gasteiger partial charge in [0.2, 0.25) is 5.91 Å². The summed E-state index contributed by atoms with van der Waals surface area (Å²) in [5, 5.41) is 6.27. The molecule has 0 aromatic heterocycles. The van der Waals surface area contributed by atoms with Crippen LogP contribution in [0.5, 0.6) is 0 Å². The summed E-state index contributed by atoms with van der Waals surface area (Å²) >= 11 is 5.84. The molecule has 3 amide bonds. The zero-order valence-corrected chi connectivity index (χ0v) is 12.8. The molecule has 1 atom stereocenters. The number of nitrogens with zero attached hydrogens (tertiary/aromatic N) is 1. The monoisotopic (exact) mass is 309 g/mol. The molecular formula is C15H20ClN3O2. The van der Waals surface area contributed by atoms with Crippen molar-refractivity contribution in [1.29, 1.82) is 0 Å². The lowest BCUT2D eigenvalue weighted by Crippen LogP contribution is -2.43. The van der Waals surface area contributed by atoms with Crippen LogP contribution in [-0.2, 0) is 4.79 Å². The van der Waals surface area contributed by atoms with Crippen molar-refractivity contribution in [2.24, 2.45) is 0 Å². The van der Waals surface area contributed by atoms with Crippen LogP contribution >= 0.6 is 11.6 Å². The van der Waals surface area contributed by atoms with Gasteiger partial charge in [0.05, 0.1) is 6.04 Å². The van der Waals surface area contributed by atoms with Gasteiger partial charge < -0.3 is 15.5 Å². The number of urea groups is 1. The lowest BCUT2D eigenvalue weighted by molar-refractivity contribution is -0.117. The van der Waals surface area contributed by atoms with Crippen LogP contribution in [0.4, 0.5) is 10.5 Å². The van der Waals surface area contributed by atoms with E-state index in [0.29, 0.717) is 24.5 Å². The fourth-order valence-electron chi connectivity index (χ4n) is 2.29. The van der Waals surface area contributed by atoms with Gasteiger partial charge in [-0.1, -0.05) is 24.9 Å². The Morgan fingerprint density at radius 1 is 1.38 bits per heavy atom. The highest BCUT2D eigenvalue weighted by molar-refractivity contribution is 6.30. The standard InChI is InChI=1S/C15H20ClN3O2/c1-2-3-8-17-15(21)18-12-9-14(20)19(10-12)13-6-4-11(16)5-7-13/h4-7,12H,2-3,8-10H2,1H3,(H2,17,18,21). The van der Waals surface area contributed by atoms with E-state index >= 15 is 0 Å². The predicted molar refractivity (Wildman–Crippen MR) is 83.7 cm³/mol. The minimum atomic E-state index is -0.209. The highest BCUT2D eigenvalue weighted by Gasteiger charge is 2.31. The van der Waals surface area contributed by atoms with Gasteiger partial charge in [0.25, 0.3) is 0 Å². The zero-order chi connectivity index (χ0) is 15.2. The molecular weight excluding hydrogens is 290 g/mol. The molecule has 1 saturated heterocycles. The van der Waals surface area contributed by atoms with Crippen LogP contribution in [0, 0.1) is 0 Å². The van der Waals surface area contributed by atoms with Crippen molar-refractivity contribution >= 4 is 29.2 Å². The lowest BCUT2D eigenvalue weighted by atomic mass is 10.2. The maximum Gasteiger partial charge on any atom is 0.315 e. The minimum absolute atomic E-state index is 0.0104. The van der Waals surface area contributed by atoms with Gasteiger partial charge in [0, 0.05) is 30.2 Å². The molecule has 6 heteroatoms. The van der Waals surface area contributed by atoms with E-state index in [1.807, 2.05) is 12.1 Å². The SMILES string of the molecule is CCCCNC(=O)NC1CC(=O)N(c2ccc(Cl)cc2)C1. The number of unbranched alkanes of at least 4 members (excludes halogenated alkanes) is 1. The number of hydrogen-bond donors (Lipinski definition) is 2. The van der Waals surface area contributed by atoms with E-state index in [9.17, 15) is 9.59 Å². The molecule has 114 valence electrons. The maximum absolute atomic E-state index is 12.0. The molecule has 0 bridgehead atoms. The average molecular weight is 310 g/mol. The van der Waals surface area contributed by atoms with Gasteiger partial charge in [0.15, 0.2) is 0 Å². The molecule has 2 N–H and O–H groups in total. The van der Waals surface area contributed by atoms with Crippen molar-refractivity contribution in [3.8, 4) is 0 Å². The first-order valence-corrected chi connectivity index (χ1v) is 7.58. The quantitative estimate of drug-likeness (QED) is 0.821. The summed E-state index contributed by atoms with van der Waals surface area (Å²) in [6.45, 7) is 3.21. The van der Waals surface area contributed by atoms with Crippen LogP contribution < -0.4 is 15.5 Å². The summed E-state index contributed by atoms with van der Waals surface area (Å²) in [6, 6.07) is 6.76. The van der Waals surface area contributed by atoms with E-state index in [0.717, 1.165) is 18.5 Å². The third kappa shape index (κ3) is 4.36. The topological polar surface area (TPSA) is 61.4 Å². The normalized spacial score (nSPS) is 17.9. The molecule has 1 fully saturated rings. The Hall–Kier alpha value is -1.75. The van der Waals surface area contributed by atoms with Gasteiger partial charge in [0.1, 0.15) is 0 Å². The number of anilines is 1. The molecule has 1 aromatic carbocycles. The number of benzene rings is 1. The Morgan fingerprint density at radius 3 is 2.76 bits per heavy atom. The van der Waals surface area contributed by atoms with Gasteiger partial charge in [-0.2, -0.15) is 0 Å². The van der Waals surface area contributed by atoms with Crippen LogP contribution in [0.2, 0.25) is 5.02 Å². The van der Waals surface area contributed by atoms with E-state index < -0.39 is 0 Å². The first-order valence-electron chi connectivity index (χ1n) is 7.20. The molecule has 0 saturated carbocycles. The fraction of sp³-hybridized carbons (Fsp3) is 0.467. The summed E-state index contributed by atoms with van der Waals surface area (Å²) in [7, 11) is 0. The van der Waals surface area contributed by atoms with Gasteiger partial charge in [-0.05, 0) is 30.7 Å². The van der Waals surface area contributed by atoms with E-state index in [-0.39, 0.29) is 18.0 Å². The van der Waals surface area contributed by atoms with Crippen molar-refractivity contribution in [1.82, 2.24) is 10.6 Å². The molecule has 21 heavy (non-hydrogen) atoms. The first kappa shape index (κ1) is 15.6. The largest absolute Gasteiger partial charge is 0.338 e. The van der Waals surface area contributed by atoms with E-state index in [1.54, 1.807) is 17.0 Å². The molecule has 1 aromatic rings. The number of halogens is 1. The summed E-state index contributed by atoms with van der Waals surface area (Å²) in [5.74, 6) is 0.0104. The summed E-state index contributed by atoms with van der Waals surface area (Å²) in [6.07, 6.45) is 2.31. The van der Waals surface area contributed by atoms with E-state index in [1.165, 1.54) is 0 Å². The van der Waals surface area contributed by atoms with E-state index in [2.05, 4.69) is 17.6 Å². The lowest BCUT2D eigenvalue weighted by Gasteiger charge is -2.17. The van der Waals surface area contributed by atoms with Gasteiger partial charge in [-0.3, -0.25) is 4.79 Å². The van der Waals surface area contributed by atoms with Crippen LogP contribution in [0.1, 0.15) is 26.2 Å². The number of carbonyl (C=O) groups excluding carboxylic acids is 2. The Morgan fingerprint density at radius 2 is 2.10 bits per heavy atom. The highest BCUT2D eigenvalue weighted by Crippen LogP contribution is 2.23. The number of carbonyl (C=O) groups is 2. The minimum Gasteiger partial charge on any atom is -0.338 e. The fourth-order valence-corrected chi connectivity index (χ4v) is 2.42. The van der Waals surface area contributed by atoms with Gasteiger partial charge in [-0.15, -0.1) is 0 Å². The van der Waals surface area contributed by atoms with Crippen LogP contribution in [0.15, 0.2) is 24.3 Å². The molecule has 1 aliphatic rings. The molecule has 1 unspecified atom stereocenters. The Labute approximate surface area is 129 Å². The second kappa shape index (κ2) is 7.31. The third-order valence-corrected chi connectivity index (χ3v) is 3.67. The summed E-state index contributed by atoms with van der Waals surface area (Å²) < 4.78 is 0. The summed E-state index contributed by atoms with van der Waals surface area (Å²) in [5.41, 5.74) is 0.806. The van der Waals surface area contributed by atoms with Crippen molar-refractivity contribution < 1.29 is 9.59 Å². The zero-order valence-electron chi connectivity index (χ0n) is 12.1. The van der Waals surface area contributed by atoms with Crippen LogP contribution in [0.3, 0.4) is 0 Å². The second-order valence-electron chi connectivity index (χ2n) is 5.14. The number of hydrogen-bond acceptors (Lipinski definition) is 2. The molecule has 1 heterocycles. The first-order chi connectivity index (χ1) is 10.1. The molecule has 5 nitrogen and oxygen atoms in total. The van der Waals surface area contributed by atoms with Gasteiger partial charge >= 0.3 is 6.03 Å². The smallest absolute Gasteiger partial charge is 0.315 e. The average Bonchev–Trinajstić information content (AvgIpc) is 2.80. The van der Waals surface area contributed by atoms with Crippen LogP contribution in [-0.4, -0.2) is 31.1 Å². The van der Waals surface area contributed by atoms with Crippen molar-refractivity contribution in [3.63, 3.8) is 0 Å². The molecule has 1 aliphatic heterocycles. The second-order valence-corrected chi connectivity index (χ2v) is 5.57. The van der Waals surface area contributed by atoms with Crippen molar-refractivity contribution in [3.05, 3.63) is 29.3 Å². The number of rotatable bonds is 5. The third-order valence-electron chi connectivity index (χ3n) is 3.41. The Kier molecular flexibility index (Phi) is 5.44. The predicted octanol–water partition coefficient (Wildman–Crippen LogP) is 2.54. The molecule has 0 radical (unpaired) electrons. The number of nitrogens with one attached hydrogen (secondary N) is 2. The maximum atomic E-state index is 12.0. The van der Waals surface area contributed by atoms with Gasteiger partial charge in [-0.25, -0.2) is 4.79 Å². The van der Waals surface area contributed by atoms with Crippen molar-refractivity contribution in [2.45, 2.75) is 32.2 Å².